The van der Waals surface area contributed by atoms with E-state index in [9.17, 15) is 18.0 Å². The second-order valence-corrected chi connectivity index (χ2v) is 12.3. The number of anilines is 1. The molecule has 10 heteroatoms. The van der Waals surface area contributed by atoms with Crippen LogP contribution >= 0.6 is 11.6 Å². The summed E-state index contributed by atoms with van der Waals surface area (Å²) in [5.41, 5.74) is 2.15. The van der Waals surface area contributed by atoms with Gasteiger partial charge < -0.3 is 15.0 Å². The third-order valence-corrected chi connectivity index (χ3v) is 8.81. The van der Waals surface area contributed by atoms with Gasteiger partial charge in [0.1, 0.15) is 18.3 Å². The summed E-state index contributed by atoms with van der Waals surface area (Å²) in [5.74, 6) is -0.187. The lowest BCUT2D eigenvalue weighted by molar-refractivity contribution is -0.140. The Morgan fingerprint density at radius 3 is 2.26 bits per heavy atom. The molecule has 0 aliphatic heterocycles. The van der Waals surface area contributed by atoms with E-state index in [2.05, 4.69) is 5.32 Å². The van der Waals surface area contributed by atoms with Crippen LogP contribution in [-0.2, 0) is 26.2 Å². The Bertz CT molecular complexity index is 1430. The maximum absolute atomic E-state index is 14.1. The van der Waals surface area contributed by atoms with Gasteiger partial charge in [-0.25, -0.2) is 8.42 Å². The molecule has 0 fully saturated rings. The molecular formula is C32H40ClN3O5S. The quantitative estimate of drug-likeness (QED) is 0.213. The molecule has 0 aliphatic carbocycles. The van der Waals surface area contributed by atoms with Gasteiger partial charge in [-0.1, -0.05) is 61.7 Å². The molecule has 0 saturated carbocycles. The highest BCUT2D eigenvalue weighted by atomic mass is 35.5. The molecule has 3 rings (SSSR count). The molecule has 2 amide bonds. The molecule has 1 unspecified atom stereocenters. The Morgan fingerprint density at radius 2 is 1.67 bits per heavy atom. The SMILES string of the molecule is CCCCNC(=O)C(CC)N(Cc1cccc(C)c1)C(=O)CN(c1ccc(OCC)cc1)S(=O)(=O)c1ccc(Cl)cc1. The topological polar surface area (TPSA) is 96.0 Å². The lowest BCUT2D eigenvalue weighted by Gasteiger charge is -2.33. The molecule has 42 heavy (non-hydrogen) atoms. The summed E-state index contributed by atoms with van der Waals surface area (Å²) in [6, 6.07) is 19.2. The van der Waals surface area contributed by atoms with E-state index in [1.807, 2.05) is 52.0 Å². The van der Waals surface area contributed by atoms with Crippen molar-refractivity contribution in [3.8, 4) is 5.75 Å². The van der Waals surface area contributed by atoms with Crippen molar-refractivity contribution in [2.45, 2.75) is 64.4 Å². The summed E-state index contributed by atoms with van der Waals surface area (Å²) < 4.78 is 34.5. The first kappa shape index (κ1) is 32.9. The molecule has 8 nitrogen and oxygen atoms in total. The molecule has 0 radical (unpaired) electrons. The fourth-order valence-corrected chi connectivity index (χ4v) is 6.11. The van der Waals surface area contributed by atoms with Gasteiger partial charge in [-0.3, -0.25) is 13.9 Å². The third-order valence-electron chi connectivity index (χ3n) is 6.77. The zero-order valence-corrected chi connectivity index (χ0v) is 26.2. The minimum atomic E-state index is -4.19. The van der Waals surface area contributed by atoms with Crippen molar-refractivity contribution in [2.75, 3.05) is 24.0 Å². The molecular weight excluding hydrogens is 574 g/mol. The largest absolute Gasteiger partial charge is 0.494 e. The van der Waals surface area contributed by atoms with Crippen molar-refractivity contribution in [3.63, 3.8) is 0 Å². The maximum Gasteiger partial charge on any atom is 0.264 e. The summed E-state index contributed by atoms with van der Waals surface area (Å²) >= 11 is 6.02. The average molecular weight is 614 g/mol. The first-order chi connectivity index (χ1) is 20.1. The number of hydrogen-bond donors (Lipinski definition) is 1. The van der Waals surface area contributed by atoms with Crippen molar-refractivity contribution < 1.29 is 22.7 Å². The molecule has 0 aliphatic rings. The molecule has 3 aromatic carbocycles. The Morgan fingerprint density at radius 1 is 0.976 bits per heavy atom. The van der Waals surface area contributed by atoms with E-state index in [0.717, 1.165) is 28.3 Å². The first-order valence-corrected chi connectivity index (χ1v) is 16.1. The number of carbonyl (C=O) groups is 2. The van der Waals surface area contributed by atoms with Crippen LogP contribution in [-0.4, -0.2) is 50.9 Å². The summed E-state index contributed by atoms with van der Waals surface area (Å²) in [4.78, 5) is 28.9. The average Bonchev–Trinajstić information content (AvgIpc) is 2.96. The van der Waals surface area contributed by atoms with E-state index in [1.54, 1.807) is 24.3 Å². The smallest absolute Gasteiger partial charge is 0.264 e. The van der Waals surface area contributed by atoms with Crippen molar-refractivity contribution in [3.05, 3.63) is 88.9 Å². The van der Waals surface area contributed by atoms with Crippen molar-refractivity contribution in [1.29, 1.82) is 0 Å². The molecule has 0 aromatic heterocycles. The van der Waals surface area contributed by atoms with Gasteiger partial charge in [-0.15, -0.1) is 0 Å². The second-order valence-electron chi connectivity index (χ2n) is 9.97. The zero-order chi connectivity index (χ0) is 30.7. The number of rotatable bonds is 15. The van der Waals surface area contributed by atoms with Gasteiger partial charge in [0.05, 0.1) is 17.2 Å². The van der Waals surface area contributed by atoms with Crippen LogP contribution in [0.5, 0.6) is 5.75 Å². The molecule has 226 valence electrons. The number of amides is 2. The van der Waals surface area contributed by atoms with Gasteiger partial charge in [0.2, 0.25) is 11.8 Å². The second kappa shape index (κ2) is 15.6. The standard InChI is InChI=1S/C32H40ClN3O5S/c1-5-8-20-34-32(38)30(6-2)35(22-25-11-9-10-24(4)21-25)31(37)23-36(27-14-16-28(17-15-27)41-7-3)42(39,40)29-18-12-26(33)13-19-29/h9-19,21,30H,5-8,20,22-23H2,1-4H3,(H,34,38). The highest BCUT2D eigenvalue weighted by Crippen LogP contribution is 2.27. The van der Waals surface area contributed by atoms with Crippen LogP contribution in [0.15, 0.2) is 77.7 Å². The molecule has 1 atom stereocenters. The third kappa shape index (κ3) is 8.72. The summed E-state index contributed by atoms with van der Waals surface area (Å²) in [6.45, 7) is 8.29. The lowest BCUT2D eigenvalue weighted by atomic mass is 10.1. The van der Waals surface area contributed by atoms with Crippen LogP contribution in [0, 0.1) is 6.92 Å². The number of sulfonamides is 1. The summed E-state index contributed by atoms with van der Waals surface area (Å²) in [6.07, 6.45) is 2.10. The predicted octanol–water partition coefficient (Wildman–Crippen LogP) is 5.97. The van der Waals surface area contributed by atoms with Gasteiger partial charge in [0.15, 0.2) is 0 Å². The number of aryl methyl sites for hydroxylation is 1. The number of nitrogens with one attached hydrogen (secondary N) is 1. The Kier molecular flexibility index (Phi) is 12.2. The molecule has 0 saturated heterocycles. The van der Waals surface area contributed by atoms with E-state index in [1.165, 1.54) is 29.2 Å². The molecule has 0 spiro atoms. The summed E-state index contributed by atoms with van der Waals surface area (Å²) in [7, 11) is -4.19. The van der Waals surface area contributed by atoms with Crippen LogP contribution in [0.4, 0.5) is 5.69 Å². The number of carbonyl (C=O) groups excluding carboxylic acids is 2. The number of hydrogen-bond acceptors (Lipinski definition) is 5. The minimum absolute atomic E-state index is 0.0110. The van der Waals surface area contributed by atoms with Gasteiger partial charge >= 0.3 is 0 Å². The van der Waals surface area contributed by atoms with Crippen molar-refractivity contribution in [2.24, 2.45) is 0 Å². The summed E-state index contributed by atoms with van der Waals surface area (Å²) in [5, 5.41) is 3.33. The Balaban J connectivity index is 2.04. The fraction of sp³-hybridized carbons (Fsp3) is 0.375. The Hall–Kier alpha value is -3.56. The van der Waals surface area contributed by atoms with Crippen LogP contribution in [0.25, 0.3) is 0 Å². The van der Waals surface area contributed by atoms with Crippen LogP contribution in [0.2, 0.25) is 5.02 Å². The van der Waals surface area contributed by atoms with Crippen LogP contribution in [0.3, 0.4) is 0 Å². The molecule has 0 bridgehead atoms. The zero-order valence-electron chi connectivity index (χ0n) is 24.7. The van der Waals surface area contributed by atoms with Crippen LogP contribution in [0.1, 0.15) is 51.2 Å². The molecule has 1 N–H and O–H groups in total. The Labute approximate surface area is 254 Å². The van der Waals surface area contributed by atoms with E-state index in [-0.39, 0.29) is 23.0 Å². The van der Waals surface area contributed by atoms with E-state index < -0.39 is 28.5 Å². The molecule has 0 heterocycles. The predicted molar refractivity (Wildman–Crippen MR) is 167 cm³/mol. The normalized spacial score (nSPS) is 11.9. The fourth-order valence-electron chi connectivity index (χ4n) is 4.57. The number of halogens is 1. The van der Waals surface area contributed by atoms with Crippen LogP contribution < -0.4 is 14.4 Å². The van der Waals surface area contributed by atoms with Gasteiger partial charge in [0, 0.05) is 18.1 Å². The van der Waals surface area contributed by atoms with E-state index >= 15 is 0 Å². The van der Waals surface area contributed by atoms with Gasteiger partial charge in [-0.05, 0) is 80.8 Å². The van der Waals surface area contributed by atoms with Gasteiger partial charge in [0.25, 0.3) is 10.0 Å². The van der Waals surface area contributed by atoms with E-state index in [0.29, 0.717) is 30.3 Å². The number of ether oxygens (including phenoxy) is 1. The monoisotopic (exact) mass is 613 g/mol. The van der Waals surface area contributed by atoms with Gasteiger partial charge in [-0.2, -0.15) is 0 Å². The lowest BCUT2D eigenvalue weighted by Crippen LogP contribution is -2.52. The highest BCUT2D eigenvalue weighted by Gasteiger charge is 2.33. The maximum atomic E-state index is 14.1. The molecule has 3 aromatic rings. The van der Waals surface area contributed by atoms with E-state index in [4.69, 9.17) is 16.3 Å². The number of unbranched alkanes of at least 4 members (excludes halogenated alkanes) is 1. The highest BCUT2D eigenvalue weighted by molar-refractivity contribution is 7.92. The van der Waals surface area contributed by atoms with Crippen molar-refractivity contribution in [1.82, 2.24) is 10.2 Å². The number of nitrogens with zero attached hydrogens (tertiary/aromatic N) is 2. The number of benzene rings is 3. The van der Waals surface area contributed by atoms with Crippen molar-refractivity contribution >= 4 is 39.1 Å². The minimum Gasteiger partial charge on any atom is -0.494 e. The first-order valence-electron chi connectivity index (χ1n) is 14.2.